The normalized spacial score (nSPS) is 14.8. The van der Waals surface area contributed by atoms with Crippen LogP contribution in [0.4, 0.5) is 5.95 Å². The summed E-state index contributed by atoms with van der Waals surface area (Å²) in [4.78, 5) is 17.7. The van der Waals surface area contributed by atoms with Crippen LogP contribution in [0.2, 0.25) is 0 Å². The Morgan fingerprint density at radius 2 is 1.74 bits per heavy atom. The standard InChI is InChI=1S/C27H25N5O2/c1-19-24(26(33)28-16-20-9-4-2-5-10-20)25(32-27(31-19)29-18-30-32)22-13-8-14-23(15-22)34-17-21-11-6-3-7-12-21/h2-15,18,25H,16-17H2,1H3,(H,28,33)(H,29,30,31)/t25-/m0/s1. The molecule has 34 heavy (non-hydrogen) atoms. The third-order valence-corrected chi connectivity index (χ3v) is 5.76. The van der Waals surface area contributed by atoms with E-state index in [0.717, 1.165) is 28.1 Å². The fourth-order valence-electron chi connectivity index (χ4n) is 4.08. The number of nitrogens with zero attached hydrogens (tertiary/aromatic N) is 3. The molecule has 7 nitrogen and oxygen atoms in total. The van der Waals surface area contributed by atoms with Gasteiger partial charge in [-0.25, -0.2) is 4.68 Å². The van der Waals surface area contributed by atoms with Gasteiger partial charge in [0.15, 0.2) is 0 Å². The molecule has 1 aromatic heterocycles. The van der Waals surface area contributed by atoms with Gasteiger partial charge in [0.2, 0.25) is 5.95 Å². The molecule has 5 rings (SSSR count). The minimum Gasteiger partial charge on any atom is -0.489 e. The van der Waals surface area contributed by atoms with Crippen LogP contribution in [-0.2, 0) is 17.9 Å². The fraction of sp³-hybridized carbons (Fsp3) is 0.148. The van der Waals surface area contributed by atoms with Crippen LogP contribution in [0.15, 0.2) is 103 Å². The van der Waals surface area contributed by atoms with E-state index >= 15 is 0 Å². The van der Waals surface area contributed by atoms with Crippen molar-refractivity contribution in [1.82, 2.24) is 20.1 Å². The highest BCUT2D eigenvalue weighted by molar-refractivity contribution is 5.96. The minimum absolute atomic E-state index is 0.157. The molecular formula is C27H25N5O2. The first-order valence-electron chi connectivity index (χ1n) is 11.1. The highest BCUT2D eigenvalue weighted by Gasteiger charge is 2.33. The van der Waals surface area contributed by atoms with Gasteiger partial charge in [0, 0.05) is 12.2 Å². The van der Waals surface area contributed by atoms with Gasteiger partial charge < -0.3 is 15.4 Å². The molecule has 3 aromatic carbocycles. The van der Waals surface area contributed by atoms with E-state index in [0.29, 0.717) is 24.7 Å². The van der Waals surface area contributed by atoms with Crippen molar-refractivity contribution in [2.45, 2.75) is 26.1 Å². The number of hydrogen-bond acceptors (Lipinski definition) is 5. The third kappa shape index (κ3) is 4.54. The molecule has 4 aromatic rings. The van der Waals surface area contributed by atoms with Gasteiger partial charge in [0.25, 0.3) is 5.91 Å². The van der Waals surface area contributed by atoms with Crippen LogP contribution < -0.4 is 15.4 Å². The number of anilines is 1. The van der Waals surface area contributed by atoms with Crippen molar-refractivity contribution in [3.63, 3.8) is 0 Å². The Morgan fingerprint density at radius 1 is 1.00 bits per heavy atom. The molecule has 0 aliphatic carbocycles. The Kier molecular flexibility index (Phi) is 6.07. The van der Waals surface area contributed by atoms with Gasteiger partial charge >= 0.3 is 0 Å². The quantitative estimate of drug-likeness (QED) is 0.434. The second kappa shape index (κ2) is 9.62. The molecule has 7 heteroatoms. The molecule has 1 atom stereocenters. The molecule has 2 heterocycles. The van der Waals surface area contributed by atoms with Crippen molar-refractivity contribution >= 4 is 11.9 Å². The number of rotatable bonds is 7. The van der Waals surface area contributed by atoms with Gasteiger partial charge in [-0.15, -0.1) is 0 Å². The van der Waals surface area contributed by atoms with Crippen molar-refractivity contribution in [3.8, 4) is 5.75 Å². The van der Waals surface area contributed by atoms with Crippen molar-refractivity contribution in [2.24, 2.45) is 0 Å². The van der Waals surface area contributed by atoms with Crippen molar-refractivity contribution < 1.29 is 9.53 Å². The first-order valence-corrected chi connectivity index (χ1v) is 11.1. The average molecular weight is 452 g/mol. The maximum atomic E-state index is 13.4. The van der Waals surface area contributed by atoms with Crippen LogP contribution in [-0.4, -0.2) is 20.7 Å². The van der Waals surface area contributed by atoms with E-state index < -0.39 is 6.04 Å². The van der Waals surface area contributed by atoms with Crippen LogP contribution >= 0.6 is 0 Å². The number of fused-ring (bicyclic) bond motifs is 1. The summed E-state index contributed by atoms with van der Waals surface area (Å²) >= 11 is 0. The molecule has 1 aliphatic rings. The van der Waals surface area contributed by atoms with Crippen LogP contribution in [0.3, 0.4) is 0 Å². The molecule has 1 aliphatic heterocycles. The molecule has 0 fully saturated rings. The summed E-state index contributed by atoms with van der Waals surface area (Å²) in [7, 11) is 0. The Bertz CT molecular complexity index is 1320. The number of benzene rings is 3. The second-order valence-corrected chi connectivity index (χ2v) is 8.11. The van der Waals surface area contributed by atoms with Gasteiger partial charge in [-0.05, 0) is 35.7 Å². The van der Waals surface area contributed by atoms with Crippen molar-refractivity contribution in [2.75, 3.05) is 5.32 Å². The summed E-state index contributed by atoms with van der Waals surface area (Å²) in [5, 5.41) is 10.7. The third-order valence-electron chi connectivity index (χ3n) is 5.76. The topological polar surface area (TPSA) is 81.1 Å². The van der Waals surface area contributed by atoms with Crippen molar-refractivity contribution in [3.05, 3.63) is 119 Å². The van der Waals surface area contributed by atoms with E-state index in [1.807, 2.05) is 91.9 Å². The van der Waals surface area contributed by atoms with Gasteiger partial charge in [-0.1, -0.05) is 72.8 Å². The van der Waals surface area contributed by atoms with Crippen LogP contribution in [0.25, 0.3) is 0 Å². The average Bonchev–Trinajstić information content (AvgIpc) is 3.34. The Labute approximate surface area is 198 Å². The van der Waals surface area contributed by atoms with E-state index in [2.05, 4.69) is 20.7 Å². The molecule has 1 amide bonds. The second-order valence-electron chi connectivity index (χ2n) is 8.11. The number of carbonyl (C=O) groups excluding carboxylic acids is 1. The number of ether oxygens (including phenoxy) is 1. The maximum Gasteiger partial charge on any atom is 0.251 e. The lowest BCUT2D eigenvalue weighted by Crippen LogP contribution is -2.34. The maximum absolute atomic E-state index is 13.4. The molecule has 0 saturated carbocycles. The van der Waals surface area contributed by atoms with E-state index in [1.54, 1.807) is 4.68 Å². The predicted molar refractivity (Wildman–Crippen MR) is 130 cm³/mol. The molecular weight excluding hydrogens is 426 g/mol. The van der Waals surface area contributed by atoms with E-state index in [9.17, 15) is 4.79 Å². The zero-order valence-electron chi connectivity index (χ0n) is 18.8. The van der Waals surface area contributed by atoms with Gasteiger partial charge in [-0.3, -0.25) is 4.79 Å². The summed E-state index contributed by atoms with van der Waals surface area (Å²) < 4.78 is 7.78. The SMILES string of the molecule is CC1=C(C(=O)NCc2ccccc2)[C@H](c2cccc(OCc3ccccc3)c2)n2ncnc2N1. The summed E-state index contributed by atoms with van der Waals surface area (Å²) in [6, 6.07) is 27.2. The van der Waals surface area contributed by atoms with Gasteiger partial charge in [-0.2, -0.15) is 10.1 Å². The highest BCUT2D eigenvalue weighted by Crippen LogP contribution is 2.35. The Hall–Kier alpha value is -4.39. The summed E-state index contributed by atoms with van der Waals surface area (Å²) in [5.74, 6) is 1.16. The zero-order chi connectivity index (χ0) is 23.3. The van der Waals surface area contributed by atoms with Crippen LogP contribution in [0.1, 0.15) is 29.7 Å². The summed E-state index contributed by atoms with van der Waals surface area (Å²) in [6.45, 7) is 2.79. The number of nitrogens with one attached hydrogen (secondary N) is 2. The Balaban J connectivity index is 1.42. The number of amides is 1. The first-order chi connectivity index (χ1) is 16.7. The molecule has 170 valence electrons. The van der Waals surface area contributed by atoms with Crippen LogP contribution in [0.5, 0.6) is 5.75 Å². The smallest absolute Gasteiger partial charge is 0.251 e. The molecule has 0 spiro atoms. The lowest BCUT2D eigenvalue weighted by atomic mass is 9.95. The molecule has 0 bridgehead atoms. The lowest BCUT2D eigenvalue weighted by Gasteiger charge is -2.29. The number of aromatic nitrogens is 3. The van der Waals surface area contributed by atoms with Gasteiger partial charge in [0.1, 0.15) is 24.7 Å². The molecule has 0 saturated heterocycles. The largest absolute Gasteiger partial charge is 0.489 e. The van der Waals surface area contributed by atoms with E-state index in [4.69, 9.17) is 4.74 Å². The van der Waals surface area contributed by atoms with E-state index in [-0.39, 0.29) is 5.91 Å². The van der Waals surface area contributed by atoms with E-state index in [1.165, 1.54) is 6.33 Å². The monoisotopic (exact) mass is 451 g/mol. The lowest BCUT2D eigenvalue weighted by molar-refractivity contribution is -0.118. The van der Waals surface area contributed by atoms with Gasteiger partial charge in [0.05, 0.1) is 5.57 Å². The number of allylic oxidation sites excluding steroid dienone is 1. The first kappa shape index (κ1) is 21.5. The molecule has 0 radical (unpaired) electrons. The predicted octanol–water partition coefficient (Wildman–Crippen LogP) is 4.46. The zero-order valence-corrected chi connectivity index (χ0v) is 18.8. The molecule has 2 N–H and O–H groups in total. The summed E-state index contributed by atoms with van der Waals surface area (Å²) in [5.41, 5.74) is 4.35. The minimum atomic E-state index is -0.435. The molecule has 0 unspecified atom stereocenters. The Morgan fingerprint density at radius 3 is 2.50 bits per heavy atom. The number of carbonyl (C=O) groups is 1. The fourth-order valence-corrected chi connectivity index (χ4v) is 4.08. The summed E-state index contributed by atoms with van der Waals surface area (Å²) in [6.07, 6.45) is 1.49. The van der Waals surface area contributed by atoms with Crippen molar-refractivity contribution in [1.29, 1.82) is 0 Å². The number of hydrogen-bond donors (Lipinski definition) is 2. The highest BCUT2D eigenvalue weighted by atomic mass is 16.5. The van der Waals surface area contributed by atoms with Crippen LogP contribution in [0, 0.1) is 0 Å².